The summed E-state index contributed by atoms with van der Waals surface area (Å²) >= 11 is 17.8. The molecule has 0 saturated heterocycles. The predicted octanol–water partition coefficient (Wildman–Crippen LogP) is 4.41. The highest BCUT2D eigenvalue weighted by Crippen LogP contribution is 2.28. The van der Waals surface area contributed by atoms with Gasteiger partial charge in [-0.3, -0.25) is 9.59 Å². The maximum absolute atomic E-state index is 12.3. The zero-order valence-corrected chi connectivity index (χ0v) is 15.7. The molecule has 0 saturated carbocycles. The highest BCUT2D eigenvalue weighted by molar-refractivity contribution is 6.35. The van der Waals surface area contributed by atoms with Gasteiger partial charge in [-0.25, -0.2) is 0 Å². The lowest BCUT2D eigenvalue weighted by molar-refractivity contribution is -0.122. The monoisotopic (exact) mass is 400 g/mol. The molecule has 0 bridgehead atoms. The Morgan fingerprint density at radius 3 is 2.40 bits per heavy atom. The van der Waals surface area contributed by atoms with E-state index >= 15 is 0 Å². The summed E-state index contributed by atoms with van der Waals surface area (Å²) in [7, 11) is 1.50. The van der Waals surface area contributed by atoms with Crippen LogP contribution in [0, 0.1) is 0 Å². The summed E-state index contributed by atoms with van der Waals surface area (Å²) in [5.41, 5.74) is 0.682. The zero-order valence-electron chi connectivity index (χ0n) is 13.4. The molecule has 25 heavy (non-hydrogen) atoms. The molecule has 1 unspecified atom stereocenters. The van der Waals surface area contributed by atoms with Gasteiger partial charge in [0.2, 0.25) is 0 Å². The van der Waals surface area contributed by atoms with Crippen LogP contribution in [-0.2, 0) is 4.79 Å². The average molecular weight is 402 g/mol. The average Bonchev–Trinajstić information content (AvgIpc) is 2.58. The van der Waals surface area contributed by atoms with Crippen molar-refractivity contribution in [2.75, 3.05) is 12.4 Å². The Kier molecular flexibility index (Phi) is 6.53. The van der Waals surface area contributed by atoms with Crippen molar-refractivity contribution in [2.45, 2.75) is 13.0 Å². The molecule has 132 valence electrons. The van der Waals surface area contributed by atoms with Crippen molar-refractivity contribution in [3.05, 3.63) is 57.0 Å². The first kappa shape index (κ1) is 19.4. The van der Waals surface area contributed by atoms with Crippen LogP contribution in [-0.4, -0.2) is 25.0 Å². The minimum Gasteiger partial charge on any atom is -0.479 e. The van der Waals surface area contributed by atoms with Crippen LogP contribution in [0.3, 0.4) is 0 Å². The van der Waals surface area contributed by atoms with Gasteiger partial charge in [0, 0.05) is 17.8 Å². The van der Waals surface area contributed by atoms with Crippen molar-refractivity contribution < 1.29 is 14.3 Å². The van der Waals surface area contributed by atoms with Gasteiger partial charge in [0.1, 0.15) is 5.75 Å². The lowest BCUT2D eigenvalue weighted by Gasteiger charge is -2.16. The van der Waals surface area contributed by atoms with Crippen LogP contribution in [0.1, 0.15) is 17.3 Å². The number of hydrogen-bond donors (Lipinski definition) is 2. The van der Waals surface area contributed by atoms with Crippen LogP contribution in [0.5, 0.6) is 5.75 Å². The molecule has 8 heteroatoms. The summed E-state index contributed by atoms with van der Waals surface area (Å²) < 4.78 is 5.55. The second-order valence-electron chi connectivity index (χ2n) is 5.10. The number of benzene rings is 2. The molecule has 2 amide bonds. The summed E-state index contributed by atoms with van der Waals surface area (Å²) in [5, 5.41) is 6.21. The molecule has 0 heterocycles. The first-order valence-corrected chi connectivity index (χ1v) is 8.39. The third-order valence-corrected chi connectivity index (χ3v) is 4.13. The number of carbonyl (C=O) groups is 2. The molecule has 0 aromatic heterocycles. The smallest absolute Gasteiger partial charge is 0.265 e. The number of carbonyl (C=O) groups excluding carboxylic acids is 2. The number of halogens is 3. The topological polar surface area (TPSA) is 67.4 Å². The summed E-state index contributed by atoms with van der Waals surface area (Å²) in [5.74, 6) is -0.412. The molecule has 2 N–H and O–H groups in total. The number of anilines is 1. The molecule has 0 spiro atoms. The number of hydrogen-bond acceptors (Lipinski definition) is 3. The molecular weight excluding hydrogens is 387 g/mol. The van der Waals surface area contributed by atoms with E-state index in [0.29, 0.717) is 21.5 Å². The van der Waals surface area contributed by atoms with E-state index in [9.17, 15) is 9.59 Å². The fourth-order valence-corrected chi connectivity index (χ4v) is 2.63. The molecular formula is C17H15Cl3N2O3. The molecule has 1 atom stereocenters. The Labute approximate surface area is 160 Å². The number of rotatable bonds is 5. The third kappa shape index (κ3) is 5.01. The van der Waals surface area contributed by atoms with Gasteiger partial charge in [0.15, 0.2) is 6.10 Å². The van der Waals surface area contributed by atoms with E-state index in [1.165, 1.54) is 25.2 Å². The Morgan fingerprint density at radius 1 is 1.04 bits per heavy atom. The summed E-state index contributed by atoms with van der Waals surface area (Å²) in [6.07, 6.45) is -0.821. The number of nitrogens with one attached hydrogen (secondary N) is 2. The van der Waals surface area contributed by atoms with Gasteiger partial charge in [-0.15, -0.1) is 0 Å². The van der Waals surface area contributed by atoms with Crippen LogP contribution in [0.4, 0.5) is 5.69 Å². The largest absolute Gasteiger partial charge is 0.479 e. The van der Waals surface area contributed by atoms with Crippen LogP contribution in [0.25, 0.3) is 0 Å². The molecule has 0 aliphatic heterocycles. The minimum absolute atomic E-state index is 0.260. The van der Waals surface area contributed by atoms with Crippen LogP contribution in [0.2, 0.25) is 15.1 Å². The first-order valence-electron chi connectivity index (χ1n) is 7.26. The van der Waals surface area contributed by atoms with Crippen LogP contribution < -0.4 is 15.4 Å². The van der Waals surface area contributed by atoms with Crippen LogP contribution in [0.15, 0.2) is 36.4 Å². The maximum atomic E-state index is 12.3. The van der Waals surface area contributed by atoms with E-state index in [4.69, 9.17) is 39.5 Å². The van der Waals surface area contributed by atoms with Gasteiger partial charge in [-0.2, -0.15) is 0 Å². The zero-order chi connectivity index (χ0) is 18.6. The number of amides is 2. The lowest BCUT2D eigenvalue weighted by Crippen LogP contribution is -2.30. The van der Waals surface area contributed by atoms with E-state index in [1.54, 1.807) is 25.1 Å². The Balaban J connectivity index is 2.09. The van der Waals surface area contributed by atoms with E-state index in [1.807, 2.05) is 0 Å². The lowest BCUT2D eigenvalue weighted by atomic mass is 10.2. The van der Waals surface area contributed by atoms with Gasteiger partial charge >= 0.3 is 0 Å². The van der Waals surface area contributed by atoms with E-state index in [-0.39, 0.29) is 16.5 Å². The Hall–Kier alpha value is -1.95. The van der Waals surface area contributed by atoms with Crippen molar-refractivity contribution in [2.24, 2.45) is 0 Å². The van der Waals surface area contributed by atoms with Gasteiger partial charge in [-0.05, 0) is 43.3 Å². The van der Waals surface area contributed by atoms with Gasteiger partial charge in [-0.1, -0.05) is 34.8 Å². The predicted molar refractivity (Wildman–Crippen MR) is 100 cm³/mol. The Morgan fingerprint density at radius 2 is 1.76 bits per heavy atom. The third-order valence-electron chi connectivity index (χ3n) is 3.27. The number of ether oxygens (including phenoxy) is 1. The summed E-state index contributed by atoms with van der Waals surface area (Å²) in [4.78, 5) is 24.0. The molecule has 0 aliphatic rings. The van der Waals surface area contributed by atoms with Crippen molar-refractivity contribution in [1.82, 2.24) is 5.32 Å². The fraction of sp³-hybridized carbons (Fsp3) is 0.176. The molecule has 2 aromatic carbocycles. The molecule has 0 aliphatic carbocycles. The second-order valence-corrected chi connectivity index (χ2v) is 6.35. The van der Waals surface area contributed by atoms with Crippen molar-refractivity contribution in [3.63, 3.8) is 0 Å². The van der Waals surface area contributed by atoms with E-state index in [0.717, 1.165) is 0 Å². The quantitative estimate of drug-likeness (QED) is 0.779. The van der Waals surface area contributed by atoms with Crippen molar-refractivity contribution in [3.8, 4) is 5.75 Å². The second kappa shape index (κ2) is 8.43. The molecule has 2 aromatic rings. The van der Waals surface area contributed by atoms with E-state index in [2.05, 4.69) is 10.6 Å². The maximum Gasteiger partial charge on any atom is 0.265 e. The first-order chi connectivity index (χ1) is 11.8. The minimum atomic E-state index is -0.821. The van der Waals surface area contributed by atoms with Gasteiger partial charge in [0.25, 0.3) is 11.8 Å². The molecule has 0 radical (unpaired) electrons. The van der Waals surface area contributed by atoms with Crippen molar-refractivity contribution in [1.29, 1.82) is 0 Å². The summed E-state index contributed by atoms with van der Waals surface area (Å²) in [6, 6.07) is 9.33. The summed E-state index contributed by atoms with van der Waals surface area (Å²) in [6.45, 7) is 1.58. The van der Waals surface area contributed by atoms with Gasteiger partial charge in [0.05, 0.1) is 15.6 Å². The van der Waals surface area contributed by atoms with E-state index < -0.39 is 12.0 Å². The molecule has 2 rings (SSSR count). The highest BCUT2D eigenvalue weighted by atomic mass is 35.5. The van der Waals surface area contributed by atoms with Crippen LogP contribution >= 0.6 is 34.8 Å². The molecule has 5 nitrogen and oxygen atoms in total. The Bertz CT molecular complexity index is 812. The molecule has 0 fully saturated rings. The normalized spacial score (nSPS) is 11.6. The highest BCUT2D eigenvalue weighted by Gasteiger charge is 2.18. The standard InChI is InChI=1S/C17H15Cl3N2O3/c1-9(25-15-6-3-10(18)7-14(15)20)16(23)22-11-4-5-13(19)12(8-11)17(24)21-2/h3-9H,1-2H3,(H,21,24)(H,22,23). The van der Waals surface area contributed by atoms with Gasteiger partial charge < -0.3 is 15.4 Å². The fourth-order valence-electron chi connectivity index (χ4n) is 1.97. The van der Waals surface area contributed by atoms with Crippen molar-refractivity contribution >= 4 is 52.3 Å². The SMILES string of the molecule is CNC(=O)c1cc(NC(=O)C(C)Oc2ccc(Cl)cc2Cl)ccc1Cl.